The number of piperidine rings is 1. The second-order valence-electron chi connectivity index (χ2n) is 4.24. The van der Waals surface area contributed by atoms with Crippen LogP contribution in [0.2, 0.25) is 0 Å². The number of amides is 1. The fourth-order valence-corrected chi connectivity index (χ4v) is 3.18. The van der Waals surface area contributed by atoms with Crippen LogP contribution in [0.15, 0.2) is 11.4 Å². The van der Waals surface area contributed by atoms with Gasteiger partial charge in [0.2, 0.25) is 0 Å². The molecule has 0 unspecified atom stereocenters. The van der Waals surface area contributed by atoms with Crippen molar-refractivity contribution in [1.82, 2.24) is 4.90 Å². The van der Waals surface area contributed by atoms with E-state index >= 15 is 0 Å². The zero-order valence-electron chi connectivity index (χ0n) is 10.1. The van der Waals surface area contributed by atoms with Crippen LogP contribution in [0.1, 0.15) is 34.0 Å². The maximum atomic E-state index is 11.6. The molecule has 1 amide bonds. The number of nitrogens with zero attached hydrogens (tertiary/aromatic N) is 1. The molecule has 1 N–H and O–H groups in total. The number of carboxylic acid groups (broad SMARTS) is 1. The summed E-state index contributed by atoms with van der Waals surface area (Å²) in [6, 6.07) is 1.94. The molecule has 6 heteroatoms. The highest BCUT2D eigenvalue weighted by molar-refractivity contribution is 7.12. The Kier molecular flexibility index (Phi) is 3.86. The fraction of sp³-hybridized carbons (Fsp3) is 0.500. The van der Waals surface area contributed by atoms with Gasteiger partial charge in [-0.2, -0.15) is 0 Å². The Bertz CT molecular complexity index is 449. The van der Waals surface area contributed by atoms with Gasteiger partial charge in [-0.1, -0.05) is 0 Å². The summed E-state index contributed by atoms with van der Waals surface area (Å²) >= 11 is 1.38. The Hall–Kier alpha value is -1.56. The number of carbonyl (C=O) groups is 2. The van der Waals surface area contributed by atoms with Crippen molar-refractivity contribution in [2.75, 3.05) is 20.2 Å². The van der Waals surface area contributed by atoms with Crippen LogP contribution in [-0.2, 0) is 4.74 Å². The molecular weight excluding hydrogens is 254 g/mol. The molecule has 5 nitrogen and oxygen atoms in total. The van der Waals surface area contributed by atoms with Crippen LogP contribution in [0.5, 0.6) is 0 Å². The molecular formula is C12H15NO4S. The summed E-state index contributed by atoms with van der Waals surface area (Å²) in [5.74, 6) is -0.0541. The van der Waals surface area contributed by atoms with Gasteiger partial charge in [0.25, 0.3) is 0 Å². The molecule has 0 atom stereocenters. The third-order valence-corrected chi connectivity index (χ3v) is 4.18. The van der Waals surface area contributed by atoms with E-state index in [4.69, 9.17) is 9.84 Å². The van der Waals surface area contributed by atoms with Crippen molar-refractivity contribution in [2.45, 2.75) is 18.8 Å². The molecule has 1 aromatic rings. The van der Waals surface area contributed by atoms with Crippen LogP contribution in [0.25, 0.3) is 0 Å². The van der Waals surface area contributed by atoms with Crippen LogP contribution in [0.4, 0.5) is 4.79 Å². The lowest BCUT2D eigenvalue weighted by atomic mass is 9.90. The first-order valence-corrected chi connectivity index (χ1v) is 6.65. The van der Waals surface area contributed by atoms with Crippen LogP contribution < -0.4 is 0 Å². The third kappa shape index (κ3) is 2.48. The molecule has 2 heterocycles. The minimum absolute atomic E-state index is 0.251. The quantitative estimate of drug-likeness (QED) is 0.837. The molecule has 18 heavy (non-hydrogen) atoms. The normalized spacial score (nSPS) is 16.6. The molecule has 98 valence electrons. The molecule has 1 aliphatic heterocycles. The van der Waals surface area contributed by atoms with Crippen LogP contribution in [-0.4, -0.2) is 42.3 Å². The van der Waals surface area contributed by atoms with Gasteiger partial charge in [-0.3, -0.25) is 0 Å². The van der Waals surface area contributed by atoms with E-state index in [0.717, 1.165) is 18.4 Å². The largest absolute Gasteiger partial charge is 0.465 e. The van der Waals surface area contributed by atoms with Gasteiger partial charge >= 0.3 is 12.1 Å². The molecule has 1 aliphatic rings. The van der Waals surface area contributed by atoms with E-state index in [-0.39, 0.29) is 11.9 Å². The maximum Gasteiger partial charge on any atom is 0.407 e. The van der Waals surface area contributed by atoms with E-state index in [0.29, 0.717) is 18.0 Å². The second-order valence-corrected chi connectivity index (χ2v) is 5.16. The van der Waals surface area contributed by atoms with E-state index in [1.54, 1.807) is 0 Å². The van der Waals surface area contributed by atoms with Crippen molar-refractivity contribution in [3.8, 4) is 0 Å². The van der Waals surface area contributed by atoms with Crippen molar-refractivity contribution in [2.24, 2.45) is 0 Å². The minimum atomic E-state index is -0.869. The van der Waals surface area contributed by atoms with Crippen LogP contribution >= 0.6 is 11.3 Å². The van der Waals surface area contributed by atoms with Crippen LogP contribution in [0, 0.1) is 0 Å². The zero-order valence-corrected chi connectivity index (χ0v) is 10.9. The maximum absolute atomic E-state index is 11.6. The lowest BCUT2D eigenvalue weighted by Crippen LogP contribution is -2.36. The number of thiophene rings is 1. The molecule has 2 rings (SSSR count). The highest BCUT2D eigenvalue weighted by Crippen LogP contribution is 2.33. The van der Waals surface area contributed by atoms with E-state index in [2.05, 4.69) is 0 Å². The molecule has 1 aromatic heterocycles. The standard InChI is InChI=1S/C12H15NO4S/c1-17-11(14)10-9(4-7-18-10)8-2-5-13(6-3-8)12(15)16/h4,7-8H,2-3,5-6H2,1H3,(H,15,16). The Labute approximate surface area is 109 Å². The minimum Gasteiger partial charge on any atom is -0.465 e. The van der Waals surface area contributed by atoms with Crippen molar-refractivity contribution in [3.63, 3.8) is 0 Å². The summed E-state index contributed by atoms with van der Waals surface area (Å²) in [6.07, 6.45) is 0.645. The Morgan fingerprint density at radius 1 is 1.44 bits per heavy atom. The predicted octanol–water partition coefficient (Wildman–Crippen LogP) is 2.39. The van der Waals surface area contributed by atoms with Crippen molar-refractivity contribution in [1.29, 1.82) is 0 Å². The van der Waals surface area contributed by atoms with E-state index < -0.39 is 6.09 Å². The van der Waals surface area contributed by atoms with Crippen molar-refractivity contribution in [3.05, 3.63) is 21.9 Å². The topological polar surface area (TPSA) is 66.8 Å². The smallest absolute Gasteiger partial charge is 0.407 e. The van der Waals surface area contributed by atoms with E-state index in [9.17, 15) is 9.59 Å². The lowest BCUT2D eigenvalue weighted by molar-refractivity contribution is 0.0603. The van der Waals surface area contributed by atoms with Gasteiger partial charge < -0.3 is 14.7 Å². The van der Waals surface area contributed by atoms with Gasteiger partial charge in [0, 0.05) is 13.1 Å². The van der Waals surface area contributed by atoms with E-state index in [1.165, 1.54) is 23.3 Å². The number of ether oxygens (including phenoxy) is 1. The van der Waals surface area contributed by atoms with E-state index in [1.807, 2.05) is 11.4 Å². The first-order chi connectivity index (χ1) is 8.63. The molecule has 1 saturated heterocycles. The highest BCUT2D eigenvalue weighted by Gasteiger charge is 2.27. The second kappa shape index (κ2) is 5.39. The highest BCUT2D eigenvalue weighted by atomic mass is 32.1. The van der Waals surface area contributed by atoms with Crippen molar-refractivity contribution >= 4 is 23.4 Å². The number of likely N-dealkylation sites (tertiary alicyclic amines) is 1. The average Bonchev–Trinajstić information content (AvgIpc) is 2.87. The molecule has 0 bridgehead atoms. The Morgan fingerprint density at radius 3 is 2.67 bits per heavy atom. The number of hydrogen-bond acceptors (Lipinski definition) is 4. The fourth-order valence-electron chi connectivity index (χ4n) is 2.28. The van der Waals surface area contributed by atoms with Gasteiger partial charge in [0.1, 0.15) is 4.88 Å². The van der Waals surface area contributed by atoms with Gasteiger partial charge in [-0.05, 0) is 35.8 Å². The molecule has 0 spiro atoms. The first kappa shape index (κ1) is 12.9. The summed E-state index contributed by atoms with van der Waals surface area (Å²) in [5, 5.41) is 10.8. The molecule has 0 aliphatic carbocycles. The third-order valence-electron chi connectivity index (χ3n) is 3.27. The summed E-state index contributed by atoms with van der Waals surface area (Å²) in [7, 11) is 1.37. The Morgan fingerprint density at radius 2 is 2.11 bits per heavy atom. The van der Waals surface area contributed by atoms with Crippen molar-refractivity contribution < 1.29 is 19.4 Å². The molecule has 0 aromatic carbocycles. The van der Waals surface area contributed by atoms with Crippen LogP contribution in [0.3, 0.4) is 0 Å². The summed E-state index contributed by atoms with van der Waals surface area (Å²) in [5.41, 5.74) is 0.997. The molecule has 0 saturated carbocycles. The van der Waals surface area contributed by atoms with Gasteiger partial charge in [-0.15, -0.1) is 11.3 Å². The van der Waals surface area contributed by atoms with Gasteiger partial charge in [-0.25, -0.2) is 9.59 Å². The average molecular weight is 269 g/mol. The Balaban J connectivity index is 2.08. The number of carbonyl (C=O) groups excluding carboxylic acids is 1. The number of methoxy groups -OCH3 is 1. The first-order valence-electron chi connectivity index (χ1n) is 5.77. The summed E-state index contributed by atoms with van der Waals surface area (Å²) < 4.78 is 4.75. The van der Waals surface area contributed by atoms with Gasteiger partial charge in [0.15, 0.2) is 0 Å². The number of rotatable bonds is 2. The monoisotopic (exact) mass is 269 g/mol. The SMILES string of the molecule is COC(=O)c1sccc1C1CCN(C(=O)O)CC1. The predicted molar refractivity (Wildman–Crippen MR) is 67.2 cm³/mol. The molecule has 0 radical (unpaired) electrons. The number of esters is 1. The van der Waals surface area contributed by atoms with Gasteiger partial charge in [0.05, 0.1) is 7.11 Å². The zero-order chi connectivity index (χ0) is 13.1. The molecule has 1 fully saturated rings. The summed E-state index contributed by atoms with van der Waals surface area (Å²) in [6.45, 7) is 1.05. The summed E-state index contributed by atoms with van der Waals surface area (Å²) in [4.78, 5) is 24.5. The lowest BCUT2D eigenvalue weighted by Gasteiger charge is -2.30. The number of hydrogen-bond donors (Lipinski definition) is 1.